The third-order valence-electron chi connectivity index (χ3n) is 6.96. The second kappa shape index (κ2) is 4.72. The summed E-state index contributed by atoms with van der Waals surface area (Å²) in [7, 11) is 2.06. The zero-order valence-corrected chi connectivity index (χ0v) is 12.8. The Morgan fingerprint density at radius 3 is 2.50 bits per heavy atom. The number of hydrogen-bond donors (Lipinski definition) is 1. The molecular formula is C17H28N2O. The Labute approximate surface area is 122 Å². The number of nitrogens with zero attached hydrogens (tertiary/aromatic N) is 1. The van der Waals surface area contributed by atoms with Crippen molar-refractivity contribution in [2.24, 2.45) is 35.5 Å². The van der Waals surface area contributed by atoms with Crippen LogP contribution in [0.25, 0.3) is 0 Å². The highest BCUT2D eigenvalue weighted by Crippen LogP contribution is 2.69. The standard InChI is InChI=1S/C17H28N2O/c1-3-10-9-19(7-6-13(10)18-2)17(20)16-14-11-4-5-12(8-11)15(14)16/h10-16,18H,3-9H2,1-2H3. The molecule has 1 saturated heterocycles. The van der Waals surface area contributed by atoms with Gasteiger partial charge in [0.2, 0.25) is 5.91 Å². The lowest BCUT2D eigenvalue weighted by atomic mass is 9.89. The first-order chi connectivity index (χ1) is 9.74. The van der Waals surface area contributed by atoms with E-state index in [1.165, 1.54) is 25.7 Å². The maximum absolute atomic E-state index is 12.9. The molecule has 1 N–H and O–H groups in total. The predicted molar refractivity (Wildman–Crippen MR) is 79.1 cm³/mol. The molecule has 6 unspecified atom stereocenters. The summed E-state index contributed by atoms with van der Waals surface area (Å²) in [5.41, 5.74) is 0. The number of piperidine rings is 1. The molecule has 3 aliphatic carbocycles. The number of hydrogen-bond acceptors (Lipinski definition) is 2. The van der Waals surface area contributed by atoms with E-state index in [4.69, 9.17) is 0 Å². The van der Waals surface area contributed by atoms with E-state index in [0.29, 0.717) is 23.8 Å². The molecule has 0 aromatic rings. The van der Waals surface area contributed by atoms with Crippen LogP contribution in [0.15, 0.2) is 0 Å². The van der Waals surface area contributed by atoms with E-state index in [9.17, 15) is 4.79 Å². The molecule has 4 fully saturated rings. The predicted octanol–water partition coefficient (Wildman–Crippen LogP) is 2.12. The van der Waals surface area contributed by atoms with E-state index in [1.807, 2.05) is 0 Å². The zero-order chi connectivity index (χ0) is 13.9. The molecule has 1 aliphatic heterocycles. The number of likely N-dealkylation sites (tertiary alicyclic amines) is 1. The molecule has 4 aliphatic rings. The molecule has 0 radical (unpaired) electrons. The highest BCUT2D eigenvalue weighted by atomic mass is 16.2. The summed E-state index contributed by atoms with van der Waals surface area (Å²) < 4.78 is 0. The Balaban J connectivity index is 1.41. The summed E-state index contributed by atoms with van der Waals surface area (Å²) in [4.78, 5) is 15.1. The fourth-order valence-electron chi connectivity index (χ4n) is 5.89. The summed E-state index contributed by atoms with van der Waals surface area (Å²) >= 11 is 0. The number of fused-ring (bicyclic) bond motifs is 5. The number of carbonyl (C=O) groups is 1. The molecule has 2 bridgehead atoms. The topological polar surface area (TPSA) is 32.3 Å². The van der Waals surface area contributed by atoms with Crippen LogP contribution in [-0.4, -0.2) is 37.0 Å². The van der Waals surface area contributed by atoms with Gasteiger partial charge < -0.3 is 10.2 Å². The van der Waals surface area contributed by atoms with Gasteiger partial charge in [0.1, 0.15) is 0 Å². The Morgan fingerprint density at radius 1 is 1.20 bits per heavy atom. The largest absolute Gasteiger partial charge is 0.342 e. The van der Waals surface area contributed by atoms with Gasteiger partial charge in [0, 0.05) is 25.0 Å². The number of rotatable bonds is 3. The molecule has 3 heteroatoms. The zero-order valence-electron chi connectivity index (χ0n) is 12.8. The van der Waals surface area contributed by atoms with Crippen molar-refractivity contribution in [2.45, 2.75) is 45.1 Å². The van der Waals surface area contributed by atoms with E-state index in [2.05, 4.69) is 24.2 Å². The second-order valence-electron chi connectivity index (χ2n) is 7.65. The molecule has 3 nitrogen and oxygen atoms in total. The molecule has 4 rings (SSSR count). The van der Waals surface area contributed by atoms with E-state index in [0.717, 1.165) is 43.2 Å². The summed E-state index contributed by atoms with van der Waals surface area (Å²) in [6.45, 7) is 4.23. The number of carbonyl (C=O) groups excluding carboxylic acids is 1. The molecule has 112 valence electrons. The van der Waals surface area contributed by atoms with Crippen molar-refractivity contribution in [3.63, 3.8) is 0 Å². The molecule has 1 amide bonds. The Bertz CT molecular complexity index is 394. The molecule has 0 aromatic heterocycles. The molecule has 1 heterocycles. The summed E-state index contributed by atoms with van der Waals surface area (Å²) in [6.07, 6.45) is 6.58. The minimum absolute atomic E-state index is 0.435. The Kier molecular flexibility index (Phi) is 3.10. The fourth-order valence-corrected chi connectivity index (χ4v) is 5.89. The van der Waals surface area contributed by atoms with Gasteiger partial charge in [-0.05, 0) is 62.3 Å². The summed E-state index contributed by atoms with van der Waals surface area (Å²) in [5, 5.41) is 3.44. The summed E-state index contributed by atoms with van der Waals surface area (Å²) in [5.74, 6) is 5.01. The first-order valence-corrected chi connectivity index (χ1v) is 8.70. The van der Waals surface area contributed by atoms with Crippen molar-refractivity contribution in [1.82, 2.24) is 10.2 Å². The van der Waals surface area contributed by atoms with Gasteiger partial charge in [-0.2, -0.15) is 0 Å². The van der Waals surface area contributed by atoms with E-state index in [-0.39, 0.29) is 0 Å². The normalized spacial score (nSPS) is 49.3. The van der Waals surface area contributed by atoms with Gasteiger partial charge in [-0.1, -0.05) is 13.3 Å². The van der Waals surface area contributed by atoms with Gasteiger partial charge in [0.05, 0.1) is 0 Å². The lowest BCUT2D eigenvalue weighted by Gasteiger charge is -2.38. The highest BCUT2D eigenvalue weighted by Gasteiger charge is 2.68. The molecule has 0 aromatic carbocycles. The lowest BCUT2D eigenvalue weighted by Crippen LogP contribution is -2.50. The molecule has 3 saturated carbocycles. The molecule has 6 atom stereocenters. The van der Waals surface area contributed by atoms with Crippen LogP contribution in [0, 0.1) is 35.5 Å². The van der Waals surface area contributed by atoms with E-state index >= 15 is 0 Å². The van der Waals surface area contributed by atoms with Crippen molar-refractivity contribution in [1.29, 1.82) is 0 Å². The second-order valence-corrected chi connectivity index (χ2v) is 7.65. The fraction of sp³-hybridized carbons (Fsp3) is 0.941. The number of nitrogens with one attached hydrogen (secondary N) is 1. The van der Waals surface area contributed by atoms with Crippen LogP contribution in [0.5, 0.6) is 0 Å². The van der Waals surface area contributed by atoms with Gasteiger partial charge in [0.15, 0.2) is 0 Å². The van der Waals surface area contributed by atoms with Crippen molar-refractivity contribution in [3.05, 3.63) is 0 Å². The van der Waals surface area contributed by atoms with Crippen LogP contribution in [0.4, 0.5) is 0 Å². The van der Waals surface area contributed by atoms with E-state index < -0.39 is 0 Å². The van der Waals surface area contributed by atoms with Gasteiger partial charge in [0.25, 0.3) is 0 Å². The average molecular weight is 276 g/mol. The Hall–Kier alpha value is -0.570. The molecule has 20 heavy (non-hydrogen) atoms. The van der Waals surface area contributed by atoms with Crippen LogP contribution >= 0.6 is 0 Å². The highest BCUT2D eigenvalue weighted by molar-refractivity contribution is 5.83. The van der Waals surface area contributed by atoms with Crippen LogP contribution < -0.4 is 5.32 Å². The van der Waals surface area contributed by atoms with Crippen molar-refractivity contribution in [2.75, 3.05) is 20.1 Å². The quantitative estimate of drug-likeness (QED) is 0.856. The van der Waals surface area contributed by atoms with Gasteiger partial charge >= 0.3 is 0 Å². The van der Waals surface area contributed by atoms with Gasteiger partial charge in [-0.3, -0.25) is 4.79 Å². The lowest BCUT2D eigenvalue weighted by molar-refractivity contribution is -0.135. The first-order valence-electron chi connectivity index (χ1n) is 8.70. The average Bonchev–Trinajstić information content (AvgIpc) is 2.92. The van der Waals surface area contributed by atoms with Crippen molar-refractivity contribution in [3.8, 4) is 0 Å². The maximum Gasteiger partial charge on any atom is 0.226 e. The monoisotopic (exact) mass is 276 g/mol. The maximum atomic E-state index is 12.9. The SMILES string of the molecule is CCC1CN(C(=O)C2C3C4CCC(C4)C23)CCC1NC. The van der Waals surface area contributed by atoms with Crippen LogP contribution in [0.3, 0.4) is 0 Å². The van der Waals surface area contributed by atoms with Crippen molar-refractivity contribution < 1.29 is 4.79 Å². The van der Waals surface area contributed by atoms with Crippen molar-refractivity contribution >= 4 is 5.91 Å². The van der Waals surface area contributed by atoms with Gasteiger partial charge in [-0.25, -0.2) is 0 Å². The third kappa shape index (κ3) is 1.78. The van der Waals surface area contributed by atoms with Crippen LogP contribution in [-0.2, 0) is 4.79 Å². The van der Waals surface area contributed by atoms with Crippen LogP contribution in [0.2, 0.25) is 0 Å². The molecule has 0 spiro atoms. The number of amides is 1. The molecular weight excluding hydrogens is 248 g/mol. The van der Waals surface area contributed by atoms with E-state index in [1.54, 1.807) is 0 Å². The van der Waals surface area contributed by atoms with Crippen LogP contribution in [0.1, 0.15) is 39.0 Å². The van der Waals surface area contributed by atoms with Gasteiger partial charge in [-0.15, -0.1) is 0 Å². The minimum Gasteiger partial charge on any atom is -0.342 e. The third-order valence-corrected chi connectivity index (χ3v) is 6.96. The Morgan fingerprint density at radius 2 is 1.90 bits per heavy atom. The summed E-state index contributed by atoms with van der Waals surface area (Å²) in [6, 6.07) is 0.610. The first kappa shape index (κ1) is 13.1. The minimum atomic E-state index is 0.435. The smallest absolute Gasteiger partial charge is 0.226 e.